The maximum Gasteiger partial charge on any atom is 0.242 e. The summed E-state index contributed by atoms with van der Waals surface area (Å²) in [4.78, 5) is 28.2. The van der Waals surface area contributed by atoms with Crippen LogP contribution in [0, 0.1) is 0 Å². The minimum Gasteiger partial charge on any atom is -0.340 e. The molecule has 0 radical (unpaired) electrons. The van der Waals surface area contributed by atoms with Crippen molar-refractivity contribution in [2.45, 2.75) is 31.8 Å². The third-order valence-corrected chi connectivity index (χ3v) is 5.82. The van der Waals surface area contributed by atoms with Crippen molar-refractivity contribution >= 4 is 16.9 Å². The molecular weight excluding hydrogens is 376 g/mol. The van der Waals surface area contributed by atoms with E-state index in [2.05, 4.69) is 19.5 Å². The lowest BCUT2D eigenvalue weighted by Gasteiger charge is -2.33. The summed E-state index contributed by atoms with van der Waals surface area (Å²) in [6.07, 6.45) is 11.3. The van der Waals surface area contributed by atoms with Crippen molar-refractivity contribution in [3.8, 4) is 0 Å². The first-order chi connectivity index (χ1) is 14.8. The van der Waals surface area contributed by atoms with E-state index in [-0.39, 0.29) is 11.8 Å². The lowest BCUT2D eigenvalue weighted by Crippen LogP contribution is -2.41. The van der Waals surface area contributed by atoms with Gasteiger partial charge in [0, 0.05) is 50.3 Å². The lowest BCUT2D eigenvalue weighted by atomic mass is 9.97. The number of amides is 1. The molecule has 7 heteroatoms. The molecule has 1 saturated heterocycles. The number of hydrogen-bond donors (Lipinski definition) is 0. The van der Waals surface area contributed by atoms with Crippen LogP contribution in [-0.4, -0.2) is 48.0 Å². The number of likely N-dealkylation sites (tertiary alicyclic amines) is 1. The summed E-state index contributed by atoms with van der Waals surface area (Å²) in [6.45, 7) is 2.59. The first-order valence-electron chi connectivity index (χ1n) is 10.4. The van der Waals surface area contributed by atoms with Gasteiger partial charge in [0.05, 0.1) is 17.4 Å². The molecule has 1 amide bonds. The standard InChI is InChI=1S/C23H24N6O/c30-22(16-29-17-26-20-5-1-2-6-21(20)29)27-12-3-4-19(15-27)23-25-11-13-28(23)14-18-7-9-24-10-8-18/h1-2,5-11,13,17,19H,3-4,12,14-16H2/t19-/m0/s1. The maximum atomic E-state index is 13.0. The van der Waals surface area contributed by atoms with Crippen molar-refractivity contribution in [2.75, 3.05) is 13.1 Å². The molecule has 0 unspecified atom stereocenters. The molecule has 3 aromatic heterocycles. The van der Waals surface area contributed by atoms with E-state index in [0.717, 1.165) is 42.8 Å². The van der Waals surface area contributed by atoms with Crippen LogP contribution < -0.4 is 0 Å². The summed E-state index contributed by atoms with van der Waals surface area (Å²) in [6, 6.07) is 12.0. The highest BCUT2D eigenvalue weighted by Crippen LogP contribution is 2.27. The van der Waals surface area contributed by atoms with Gasteiger partial charge in [-0.05, 0) is 42.7 Å². The van der Waals surface area contributed by atoms with Crippen molar-refractivity contribution < 1.29 is 4.79 Å². The van der Waals surface area contributed by atoms with E-state index >= 15 is 0 Å². The van der Waals surface area contributed by atoms with E-state index in [9.17, 15) is 4.79 Å². The monoisotopic (exact) mass is 400 g/mol. The van der Waals surface area contributed by atoms with Gasteiger partial charge in [-0.25, -0.2) is 9.97 Å². The number of imidazole rings is 2. The predicted octanol–water partition coefficient (Wildman–Crippen LogP) is 3.08. The molecule has 4 heterocycles. The summed E-state index contributed by atoms with van der Waals surface area (Å²) in [5.74, 6) is 1.44. The molecule has 4 aromatic rings. The van der Waals surface area contributed by atoms with E-state index in [4.69, 9.17) is 0 Å². The number of pyridine rings is 1. The first-order valence-corrected chi connectivity index (χ1v) is 10.4. The van der Waals surface area contributed by atoms with Crippen LogP contribution in [0.4, 0.5) is 0 Å². The number of piperidine rings is 1. The zero-order chi connectivity index (χ0) is 20.3. The Kier molecular flexibility index (Phi) is 5.01. The molecule has 30 heavy (non-hydrogen) atoms. The fourth-order valence-electron chi connectivity index (χ4n) is 4.30. The van der Waals surface area contributed by atoms with Gasteiger partial charge in [-0.1, -0.05) is 12.1 Å². The number of hydrogen-bond acceptors (Lipinski definition) is 4. The summed E-state index contributed by atoms with van der Waals surface area (Å²) < 4.78 is 4.13. The Labute approximate surface area is 175 Å². The third kappa shape index (κ3) is 3.70. The van der Waals surface area contributed by atoms with Crippen molar-refractivity contribution in [1.29, 1.82) is 0 Å². The quantitative estimate of drug-likeness (QED) is 0.516. The molecule has 0 N–H and O–H groups in total. The molecule has 152 valence electrons. The fourth-order valence-corrected chi connectivity index (χ4v) is 4.30. The number of carbonyl (C=O) groups excluding carboxylic acids is 1. The van der Waals surface area contributed by atoms with E-state index < -0.39 is 0 Å². The van der Waals surface area contributed by atoms with Crippen LogP contribution in [0.5, 0.6) is 0 Å². The number of nitrogens with zero attached hydrogens (tertiary/aromatic N) is 6. The number of fused-ring (bicyclic) bond motifs is 1. The minimum atomic E-state index is 0.134. The smallest absolute Gasteiger partial charge is 0.242 e. The number of aromatic nitrogens is 5. The van der Waals surface area contributed by atoms with Crippen LogP contribution in [-0.2, 0) is 17.9 Å². The van der Waals surface area contributed by atoms with Gasteiger partial charge in [0.25, 0.3) is 0 Å². The first kappa shape index (κ1) is 18.5. The van der Waals surface area contributed by atoms with E-state index in [0.29, 0.717) is 13.1 Å². The second kappa shape index (κ2) is 8.10. The largest absolute Gasteiger partial charge is 0.340 e. The highest BCUT2D eigenvalue weighted by atomic mass is 16.2. The molecule has 0 saturated carbocycles. The van der Waals surface area contributed by atoms with Crippen LogP contribution in [0.15, 0.2) is 67.5 Å². The lowest BCUT2D eigenvalue weighted by molar-refractivity contribution is -0.133. The average Bonchev–Trinajstić information content (AvgIpc) is 3.42. The van der Waals surface area contributed by atoms with Crippen molar-refractivity contribution in [1.82, 2.24) is 29.0 Å². The van der Waals surface area contributed by atoms with Gasteiger partial charge in [0.1, 0.15) is 12.4 Å². The highest BCUT2D eigenvalue weighted by Gasteiger charge is 2.27. The van der Waals surface area contributed by atoms with Gasteiger partial charge >= 0.3 is 0 Å². The van der Waals surface area contributed by atoms with Crippen LogP contribution >= 0.6 is 0 Å². The molecule has 1 fully saturated rings. The predicted molar refractivity (Wildman–Crippen MR) is 114 cm³/mol. The van der Waals surface area contributed by atoms with Crippen LogP contribution in [0.1, 0.15) is 30.1 Å². The summed E-state index contributed by atoms with van der Waals surface area (Å²) >= 11 is 0. The molecule has 1 aliphatic rings. The van der Waals surface area contributed by atoms with Gasteiger partial charge in [-0.15, -0.1) is 0 Å². The van der Waals surface area contributed by atoms with Gasteiger partial charge in [-0.2, -0.15) is 0 Å². The van der Waals surface area contributed by atoms with E-state index in [1.54, 1.807) is 6.33 Å². The second-order valence-electron chi connectivity index (χ2n) is 7.81. The fraction of sp³-hybridized carbons (Fsp3) is 0.304. The van der Waals surface area contributed by atoms with Crippen molar-refractivity contribution in [3.05, 3.63) is 78.9 Å². The topological polar surface area (TPSA) is 68.8 Å². The molecule has 1 aromatic carbocycles. The minimum absolute atomic E-state index is 0.134. The maximum absolute atomic E-state index is 13.0. The summed E-state index contributed by atoms with van der Waals surface area (Å²) in [5.41, 5.74) is 3.10. The summed E-state index contributed by atoms with van der Waals surface area (Å²) in [5, 5.41) is 0. The molecule has 0 aliphatic carbocycles. The van der Waals surface area contributed by atoms with E-state index in [1.807, 2.05) is 70.7 Å². The molecule has 7 nitrogen and oxygen atoms in total. The number of rotatable bonds is 5. The van der Waals surface area contributed by atoms with Crippen LogP contribution in [0.25, 0.3) is 11.0 Å². The van der Waals surface area contributed by atoms with Crippen LogP contribution in [0.3, 0.4) is 0 Å². The Morgan fingerprint density at radius 3 is 2.80 bits per heavy atom. The SMILES string of the molecule is O=C(Cn1cnc2ccccc21)N1CCC[C@H](c2nccn2Cc2ccncc2)C1. The normalized spacial score (nSPS) is 16.8. The molecular formula is C23H24N6O. The molecule has 0 spiro atoms. The number of benzene rings is 1. The van der Waals surface area contributed by atoms with Gasteiger partial charge in [0.15, 0.2) is 0 Å². The van der Waals surface area contributed by atoms with Gasteiger partial charge in [-0.3, -0.25) is 9.78 Å². The Hall–Kier alpha value is -3.48. The Bertz CT molecular complexity index is 1150. The zero-order valence-electron chi connectivity index (χ0n) is 16.8. The number of carbonyl (C=O) groups is 1. The third-order valence-electron chi connectivity index (χ3n) is 5.82. The van der Waals surface area contributed by atoms with Crippen LogP contribution in [0.2, 0.25) is 0 Å². The van der Waals surface area contributed by atoms with Crippen molar-refractivity contribution in [3.63, 3.8) is 0 Å². The Morgan fingerprint density at radius 1 is 1.03 bits per heavy atom. The molecule has 0 bridgehead atoms. The van der Waals surface area contributed by atoms with E-state index in [1.165, 1.54) is 5.56 Å². The molecule has 1 aliphatic heterocycles. The average molecular weight is 400 g/mol. The van der Waals surface area contributed by atoms with Crippen molar-refractivity contribution in [2.24, 2.45) is 0 Å². The molecule has 1 atom stereocenters. The Balaban J connectivity index is 1.29. The number of para-hydroxylation sites is 2. The van der Waals surface area contributed by atoms with Gasteiger partial charge < -0.3 is 14.0 Å². The highest BCUT2D eigenvalue weighted by molar-refractivity contribution is 5.80. The van der Waals surface area contributed by atoms with Gasteiger partial charge in [0.2, 0.25) is 5.91 Å². The second-order valence-corrected chi connectivity index (χ2v) is 7.81. The molecule has 5 rings (SSSR count). The Morgan fingerprint density at radius 2 is 1.90 bits per heavy atom. The zero-order valence-corrected chi connectivity index (χ0v) is 16.8. The summed E-state index contributed by atoms with van der Waals surface area (Å²) in [7, 11) is 0.